The minimum atomic E-state index is -4.49. The van der Waals surface area contributed by atoms with Crippen molar-refractivity contribution in [2.75, 3.05) is 18.4 Å². The van der Waals surface area contributed by atoms with Gasteiger partial charge < -0.3 is 10.0 Å². The number of amides is 2. The molecule has 116 valence electrons. The van der Waals surface area contributed by atoms with Crippen LogP contribution in [0.2, 0.25) is 0 Å². The summed E-state index contributed by atoms with van der Waals surface area (Å²) < 4.78 is 37.2. The molecule has 0 radical (unpaired) electrons. The van der Waals surface area contributed by atoms with Crippen molar-refractivity contribution in [3.63, 3.8) is 0 Å². The highest BCUT2D eigenvalue weighted by atomic mass is 32.1. The molecule has 0 atom stereocenters. The highest BCUT2D eigenvalue weighted by Crippen LogP contribution is 2.35. The number of nitrogens with zero attached hydrogens (tertiary/aromatic N) is 2. The molecular formula is C11H12F3N3O3S. The van der Waals surface area contributed by atoms with Crippen LogP contribution in [0.15, 0.2) is 6.20 Å². The summed E-state index contributed by atoms with van der Waals surface area (Å²) in [6.07, 6.45) is -3.17. The summed E-state index contributed by atoms with van der Waals surface area (Å²) >= 11 is 0.349. The molecule has 1 saturated heterocycles. The van der Waals surface area contributed by atoms with Crippen molar-refractivity contribution in [3.05, 3.63) is 11.1 Å². The van der Waals surface area contributed by atoms with Crippen LogP contribution >= 0.6 is 11.3 Å². The van der Waals surface area contributed by atoms with Gasteiger partial charge in [-0.3, -0.25) is 10.1 Å². The Bertz CT molecular complexity index is 538. The topological polar surface area (TPSA) is 82.5 Å². The number of thiazole rings is 1. The third-order valence-electron chi connectivity index (χ3n) is 3.13. The lowest BCUT2D eigenvalue weighted by Crippen LogP contribution is -2.42. The summed E-state index contributed by atoms with van der Waals surface area (Å²) in [5.41, 5.74) is 0. The summed E-state index contributed by atoms with van der Waals surface area (Å²) in [5.74, 6) is -1.38. The molecule has 0 aromatic carbocycles. The fraction of sp³-hybridized carbons (Fsp3) is 0.545. The van der Waals surface area contributed by atoms with E-state index in [2.05, 4.69) is 10.3 Å². The first-order valence-electron chi connectivity index (χ1n) is 6.09. The van der Waals surface area contributed by atoms with Gasteiger partial charge in [0.05, 0.1) is 12.1 Å². The molecule has 21 heavy (non-hydrogen) atoms. The number of halogens is 3. The van der Waals surface area contributed by atoms with Gasteiger partial charge in [-0.2, -0.15) is 13.2 Å². The van der Waals surface area contributed by atoms with Crippen molar-refractivity contribution >= 4 is 28.5 Å². The van der Waals surface area contributed by atoms with Crippen LogP contribution in [0.5, 0.6) is 0 Å². The molecule has 2 rings (SSSR count). The monoisotopic (exact) mass is 323 g/mol. The number of rotatable bonds is 2. The number of aromatic nitrogens is 1. The number of anilines is 1. The minimum absolute atomic E-state index is 0.132. The van der Waals surface area contributed by atoms with Gasteiger partial charge in [-0.25, -0.2) is 9.78 Å². The second-order valence-electron chi connectivity index (χ2n) is 4.56. The molecule has 0 bridgehead atoms. The van der Waals surface area contributed by atoms with Crippen molar-refractivity contribution in [1.29, 1.82) is 0 Å². The van der Waals surface area contributed by atoms with Gasteiger partial charge in [-0.1, -0.05) is 11.3 Å². The molecule has 6 nitrogen and oxygen atoms in total. The molecule has 10 heteroatoms. The van der Waals surface area contributed by atoms with Crippen molar-refractivity contribution in [3.8, 4) is 0 Å². The lowest BCUT2D eigenvalue weighted by molar-refractivity contribution is -0.143. The number of carboxylic acids is 1. The Morgan fingerprint density at radius 2 is 2.00 bits per heavy atom. The van der Waals surface area contributed by atoms with Gasteiger partial charge in [0.15, 0.2) is 5.13 Å². The first-order valence-corrected chi connectivity index (χ1v) is 6.91. The maximum atomic E-state index is 12.4. The van der Waals surface area contributed by atoms with Crippen molar-refractivity contribution < 1.29 is 27.9 Å². The number of nitrogens with one attached hydrogen (secondary N) is 1. The molecule has 2 amide bonds. The van der Waals surface area contributed by atoms with E-state index in [1.807, 2.05) is 0 Å². The van der Waals surface area contributed by atoms with Crippen LogP contribution in [0, 0.1) is 5.92 Å². The van der Waals surface area contributed by atoms with Gasteiger partial charge in [0.25, 0.3) is 0 Å². The lowest BCUT2D eigenvalue weighted by atomic mass is 9.97. The molecule has 2 heterocycles. The largest absolute Gasteiger partial charge is 0.481 e. The van der Waals surface area contributed by atoms with Gasteiger partial charge in [-0.15, -0.1) is 0 Å². The molecule has 1 aliphatic rings. The van der Waals surface area contributed by atoms with Crippen molar-refractivity contribution in [2.45, 2.75) is 19.0 Å². The van der Waals surface area contributed by atoms with E-state index in [4.69, 9.17) is 5.11 Å². The van der Waals surface area contributed by atoms with E-state index in [1.165, 1.54) is 4.90 Å². The zero-order valence-electron chi connectivity index (χ0n) is 10.7. The van der Waals surface area contributed by atoms with E-state index < -0.39 is 29.0 Å². The van der Waals surface area contributed by atoms with E-state index in [1.54, 1.807) is 0 Å². The number of piperidine rings is 1. The summed E-state index contributed by atoms with van der Waals surface area (Å²) in [5, 5.41) is 11.0. The van der Waals surface area contributed by atoms with E-state index in [9.17, 15) is 22.8 Å². The summed E-state index contributed by atoms with van der Waals surface area (Å²) in [6, 6.07) is -0.568. The Hall–Kier alpha value is -1.84. The summed E-state index contributed by atoms with van der Waals surface area (Å²) in [7, 11) is 0. The zero-order valence-corrected chi connectivity index (χ0v) is 11.5. The number of aliphatic carboxylic acids is 1. The zero-order chi connectivity index (χ0) is 15.6. The maximum absolute atomic E-state index is 12.4. The van der Waals surface area contributed by atoms with Gasteiger partial charge in [-0.05, 0) is 12.8 Å². The number of likely N-dealkylation sites (tertiary alicyclic amines) is 1. The third kappa shape index (κ3) is 3.84. The molecule has 0 spiro atoms. The summed E-state index contributed by atoms with van der Waals surface area (Å²) in [6.45, 7) is 0.501. The Labute approximate surface area is 121 Å². The molecule has 1 fully saturated rings. The predicted octanol–water partition coefficient (Wildman–Crippen LogP) is 2.49. The molecular weight excluding hydrogens is 311 g/mol. The van der Waals surface area contributed by atoms with Crippen LogP contribution in [0.3, 0.4) is 0 Å². The van der Waals surface area contributed by atoms with Crippen LogP contribution in [0.4, 0.5) is 23.1 Å². The SMILES string of the molecule is O=C(O)C1CCN(C(=O)Nc2ncc(C(F)(F)F)s2)CC1. The fourth-order valence-electron chi connectivity index (χ4n) is 1.96. The van der Waals surface area contributed by atoms with E-state index in [-0.39, 0.29) is 18.2 Å². The first-order chi connectivity index (χ1) is 9.77. The number of carbonyl (C=O) groups excluding carboxylic acids is 1. The van der Waals surface area contributed by atoms with E-state index >= 15 is 0 Å². The second kappa shape index (κ2) is 5.88. The van der Waals surface area contributed by atoms with Gasteiger partial charge >= 0.3 is 18.2 Å². The average molecular weight is 323 g/mol. The molecule has 0 unspecified atom stereocenters. The smallest absolute Gasteiger partial charge is 0.427 e. The van der Waals surface area contributed by atoms with Crippen LogP contribution in [-0.2, 0) is 11.0 Å². The predicted molar refractivity (Wildman–Crippen MR) is 68.1 cm³/mol. The minimum Gasteiger partial charge on any atom is -0.481 e. The second-order valence-corrected chi connectivity index (χ2v) is 5.59. The number of hydrogen-bond donors (Lipinski definition) is 2. The van der Waals surface area contributed by atoms with Gasteiger partial charge in [0, 0.05) is 13.1 Å². The third-order valence-corrected chi connectivity index (χ3v) is 4.09. The average Bonchev–Trinajstić information content (AvgIpc) is 2.87. The van der Waals surface area contributed by atoms with Crippen molar-refractivity contribution in [2.24, 2.45) is 5.92 Å². The quantitative estimate of drug-likeness (QED) is 0.876. The lowest BCUT2D eigenvalue weighted by Gasteiger charge is -2.29. The highest BCUT2D eigenvalue weighted by molar-refractivity contribution is 7.15. The number of urea groups is 1. The normalized spacial score (nSPS) is 16.8. The fourth-order valence-corrected chi connectivity index (χ4v) is 2.64. The first kappa shape index (κ1) is 15.5. The Kier molecular flexibility index (Phi) is 4.35. The Balaban J connectivity index is 1.91. The van der Waals surface area contributed by atoms with Gasteiger partial charge in [0.2, 0.25) is 0 Å². The maximum Gasteiger partial charge on any atom is 0.427 e. The Morgan fingerprint density at radius 3 is 2.48 bits per heavy atom. The van der Waals surface area contributed by atoms with Gasteiger partial charge in [0.1, 0.15) is 4.88 Å². The highest BCUT2D eigenvalue weighted by Gasteiger charge is 2.34. The standard InChI is InChI=1S/C11H12F3N3O3S/c12-11(13,14)7-5-15-9(21-7)16-10(20)17-3-1-6(2-4-17)8(18)19/h5-6H,1-4H2,(H,18,19)(H,15,16,20). The van der Waals surface area contributed by atoms with Crippen LogP contribution in [0.1, 0.15) is 17.7 Å². The molecule has 0 saturated carbocycles. The van der Waals surface area contributed by atoms with Crippen LogP contribution in [-0.4, -0.2) is 40.1 Å². The number of carbonyl (C=O) groups is 2. The number of hydrogen-bond acceptors (Lipinski definition) is 4. The van der Waals surface area contributed by atoms with Crippen LogP contribution in [0.25, 0.3) is 0 Å². The molecule has 1 aromatic heterocycles. The number of alkyl halides is 3. The van der Waals surface area contributed by atoms with E-state index in [0.29, 0.717) is 30.4 Å². The Morgan fingerprint density at radius 1 is 1.38 bits per heavy atom. The molecule has 1 aromatic rings. The van der Waals surface area contributed by atoms with E-state index in [0.717, 1.165) is 0 Å². The molecule has 2 N–H and O–H groups in total. The summed E-state index contributed by atoms with van der Waals surface area (Å²) in [4.78, 5) is 26.6. The van der Waals surface area contributed by atoms with Crippen LogP contribution < -0.4 is 5.32 Å². The molecule has 1 aliphatic heterocycles. The number of carboxylic acid groups (broad SMARTS) is 1. The molecule has 0 aliphatic carbocycles. The van der Waals surface area contributed by atoms with Crippen molar-refractivity contribution in [1.82, 2.24) is 9.88 Å².